The molecule has 0 saturated carbocycles. The first-order valence-electron chi connectivity index (χ1n) is 9.12. The fourth-order valence-electron chi connectivity index (χ4n) is 2.78. The van der Waals surface area contributed by atoms with Crippen molar-refractivity contribution in [2.75, 3.05) is 45.9 Å². The molecule has 1 aromatic rings. The van der Waals surface area contributed by atoms with Gasteiger partial charge in [-0.15, -0.1) is 0 Å². The second kappa shape index (κ2) is 10.2. The van der Waals surface area contributed by atoms with E-state index < -0.39 is 5.82 Å². The monoisotopic (exact) mass is 365 g/mol. The van der Waals surface area contributed by atoms with Crippen LogP contribution in [0, 0.1) is 5.82 Å². The lowest BCUT2D eigenvalue weighted by atomic mass is 10.2. The molecule has 2 rings (SSSR count). The molecule has 0 unspecified atom stereocenters. The van der Waals surface area contributed by atoms with E-state index in [0.717, 1.165) is 13.1 Å². The Morgan fingerprint density at radius 2 is 1.88 bits per heavy atom. The summed E-state index contributed by atoms with van der Waals surface area (Å²) >= 11 is 0. The van der Waals surface area contributed by atoms with Crippen molar-refractivity contribution in [2.45, 2.75) is 26.4 Å². The van der Waals surface area contributed by atoms with Gasteiger partial charge in [0.2, 0.25) is 5.91 Å². The zero-order valence-electron chi connectivity index (χ0n) is 15.5. The number of hydrogen-bond donors (Lipinski definition) is 1. The number of halogens is 1. The van der Waals surface area contributed by atoms with Gasteiger partial charge >= 0.3 is 0 Å². The third-order valence-corrected chi connectivity index (χ3v) is 4.20. The van der Waals surface area contributed by atoms with E-state index in [9.17, 15) is 14.0 Å². The van der Waals surface area contributed by atoms with Crippen LogP contribution in [0.3, 0.4) is 0 Å². The topological polar surface area (TPSA) is 61.9 Å². The first-order valence-corrected chi connectivity index (χ1v) is 9.12. The molecule has 6 nitrogen and oxygen atoms in total. The predicted octanol–water partition coefficient (Wildman–Crippen LogP) is 1.51. The third kappa shape index (κ3) is 6.38. The molecule has 7 heteroatoms. The molecule has 0 atom stereocenters. The summed E-state index contributed by atoms with van der Waals surface area (Å²) in [6.07, 6.45) is 0.763. The smallest absolute Gasteiger partial charge is 0.254 e. The third-order valence-electron chi connectivity index (χ3n) is 4.20. The number of carbonyl (C=O) groups excluding carboxylic acids is 2. The van der Waals surface area contributed by atoms with Crippen molar-refractivity contribution in [1.29, 1.82) is 0 Å². The summed E-state index contributed by atoms with van der Waals surface area (Å²) in [5.74, 6) is -0.722. The Kier molecular flexibility index (Phi) is 8.00. The summed E-state index contributed by atoms with van der Waals surface area (Å²) in [7, 11) is 0. The van der Waals surface area contributed by atoms with Gasteiger partial charge in [0.25, 0.3) is 5.91 Å². The van der Waals surface area contributed by atoms with Crippen LogP contribution in [0.4, 0.5) is 4.39 Å². The van der Waals surface area contributed by atoms with Gasteiger partial charge in [-0.25, -0.2) is 4.39 Å². The Bertz CT molecular complexity index is 586. The van der Waals surface area contributed by atoms with Crippen LogP contribution in [-0.4, -0.2) is 73.6 Å². The van der Waals surface area contributed by atoms with Crippen molar-refractivity contribution >= 4 is 11.8 Å². The first-order chi connectivity index (χ1) is 12.5. The van der Waals surface area contributed by atoms with Crippen molar-refractivity contribution in [1.82, 2.24) is 15.1 Å². The molecule has 1 aliphatic heterocycles. The summed E-state index contributed by atoms with van der Waals surface area (Å²) in [6, 6.07) is 5.41. The highest BCUT2D eigenvalue weighted by Gasteiger charge is 2.23. The molecule has 1 N–H and O–H groups in total. The highest BCUT2D eigenvalue weighted by Crippen LogP contribution is 2.09. The molecule has 1 saturated heterocycles. The Hall–Kier alpha value is -1.99. The van der Waals surface area contributed by atoms with Gasteiger partial charge in [0.15, 0.2) is 0 Å². The summed E-state index contributed by atoms with van der Waals surface area (Å²) in [5.41, 5.74) is 0.379. The van der Waals surface area contributed by atoms with Crippen LogP contribution < -0.4 is 5.32 Å². The lowest BCUT2D eigenvalue weighted by Crippen LogP contribution is -2.50. The highest BCUT2D eigenvalue weighted by molar-refractivity contribution is 5.96. The van der Waals surface area contributed by atoms with Gasteiger partial charge in [-0.3, -0.25) is 9.59 Å². The van der Waals surface area contributed by atoms with Crippen LogP contribution in [0.2, 0.25) is 0 Å². The van der Waals surface area contributed by atoms with Gasteiger partial charge in [-0.05, 0) is 44.5 Å². The Balaban J connectivity index is 2.00. The summed E-state index contributed by atoms with van der Waals surface area (Å²) in [5, 5.41) is 3.20. The number of carbonyl (C=O) groups is 2. The van der Waals surface area contributed by atoms with Crippen molar-refractivity contribution in [3.63, 3.8) is 0 Å². The molecule has 2 amide bonds. The second-order valence-corrected chi connectivity index (χ2v) is 6.64. The normalized spacial score (nSPS) is 14.5. The maximum absolute atomic E-state index is 13.1. The summed E-state index contributed by atoms with van der Waals surface area (Å²) in [4.78, 5) is 28.6. The molecule has 144 valence electrons. The Morgan fingerprint density at radius 3 is 2.50 bits per heavy atom. The molecule has 0 aromatic heterocycles. The molecule has 1 fully saturated rings. The van der Waals surface area contributed by atoms with Crippen molar-refractivity contribution in [3.05, 3.63) is 35.6 Å². The minimum atomic E-state index is -0.393. The number of piperazine rings is 1. The minimum Gasteiger partial charge on any atom is -0.379 e. The van der Waals surface area contributed by atoms with Crippen LogP contribution in [0.25, 0.3) is 0 Å². The average molecular weight is 365 g/mol. The molecule has 0 bridgehead atoms. The maximum Gasteiger partial charge on any atom is 0.254 e. The van der Waals surface area contributed by atoms with Crippen LogP contribution in [0.1, 0.15) is 30.6 Å². The fraction of sp³-hybridized carbons (Fsp3) is 0.579. The summed E-state index contributed by atoms with van der Waals surface area (Å²) < 4.78 is 18.6. The standard InChI is InChI=1S/C19H28FN3O3/c1-15(2)26-13-3-10-23(14-18(24)22-11-8-21-9-12-22)19(25)16-4-6-17(20)7-5-16/h4-7,15,21H,3,8-14H2,1-2H3. The quantitative estimate of drug-likeness (QED) is 0.710. The van der Waals surface area contributed by atoms with Crippen LogP contribution in [0.5, 0.6) is 0 Å². The molecule has 0 spiro atoms. The lowest BCUT2D eigenvalue weighted by Gasteiger charge is -2.30. The van der Waals surface area contributed by atoms with Crippen molar-refractivity contribution in [2.24, 2.45) is 0 Å². The van der Waals surface area contributed by atoms with E-state index in [2.05, 4.69) is 5.32 Å². The van der Waals surface area contributed by atoms with Gasteiger partial charge < -0.3 is 19.9 Å². The van der Waals surface area contributed by atoms with E-state index in [1.54, 1.807) is 4.90 Å². The number of amides is 2. The maximum atomic E-state index is 13.1. The van der Waals surface area contributed by atoms with E-state index in [1.807, 2.05) is 13.8 Å². The van der Waals surface area contributed by atoms with Crippen LogP contribution in [-0.2, 0) is 9.53 Å². The molecule has 0 aliphatic carbocycles. The van der Waals surface area contributed by atoms with Gasteiger partial charge in [0.1, 0.15) is 12.4 Å². The Morgan fingerprint density at radius 1 is 1.23 bits per heavy atom. The minimum absolute atomic E-state index is 0.0257. The number of rotatable bonds is 8. The fourth-order valence-corrected chi connectivity index (χ4v) is 2.78. The van der Waals surface area contributed by atoms with Gasteiger partial charge in [-0.2, -0.15) is 0 Å². The molecule has 1 aromatic carbocycles. The van der Waals surface area contributed by atoms with Crippen molar-refractivity contribution < 1.29 is 18.7 Å². The number of ether oxygens (including phenoxy) is 1. The highest BCUT2D eigenvalue weighted by atomic mass is 19.1. The van der Waals surface area contributed by atoms with E-state index in [1.165, 1.54) is 29.2 Å². The van der Waals surface area contributed by atoms with Crippen LogP contribution >= 0.6 is 0 Å². The largest absolute Gasteiger partial charge is 0.379 e. The zero-order valence-corrected chi connectivity index (χ0v) is 15.5. The molecular weight excluding hydrogens is 337 g/mol. The van der Waals surface area contributed by atoms with Gasteiger partial charge in [-0.1, -0.05) is 0 Å². The molecule has 1 aliphatic rings. The average Bonchev–Trinajstić information content (AvgIpc) is 2.64. The van der Waals surface area contributed by atoms with Crippen molar-refractivity contribution in [3.8, 4) is 0 Å². The number of benzene rings is 1. The zero-order chi connectivity index (χ0) is 18.9. The predicted molar refractivity (Wildman–Crippen MR) is 97.5 cm³/mol. The van der Waals surface area contributed by atoms with Gasteiger partial charge in [0, 0.05) is 44.9 Å². The second-order valence-electron chi connectivity index (χ2n) is 6.64. The molecule has 26 heavy (non-hydrogen) atoms. The SMILES string of the molecule is CC(C)OCCCN(CC(=O)N1CCNCC1)C(=O)c1ccc(F)cc1. The van der Waals surface area contributed by atoms with E-state index in [0.29, 0.717) is 38.2 Å². The molecule has 1 heterocycles. The van der Waals surface area contributed by atoms with E-state index >= 15 is 0 Å². The number of nitrogens with zero attached hydrogens (tertiary/aromatic N) is 2. The Labute approximate surface area is 154 Å². The number of nitrogens with one attached hydrogen (secondary N) is 1. The van der Waals surface area contributed by atoms with E-state index in [4.69, 9.17) is 4.74 Å². The van der Waals surface area contributed by atoms with Crippen LogP contribution in [0.15, 0.2) is 24.3 Å². The molecular formula is C19H28FN3O3. The first kappa shape index (κ1) is 20.3. The van der Waals surface area contributed by atoms with Gasteiger partial charge in [0.05, 0.1) is 6.10 Å². The number of hydrogen-bond acceptors (Lipinski definition) is 4. The summed E-state index contributed by atoms with van der Waals surface area (Å²) in [6.45, 7) is 7.69. The lowest BCUT2D eigenvalue weighted by molar-refractivity contribution is -0.132. The molecule has 0 radical (unpaired) electrons. The van der Waals surface area contributed by atoms with E-state index in [-0.39, 0.29) is 24.5 Å².